The summed E-state index contributed by atoms with van der Waals surface area (Å²) in [5.41, 5.74) is 0.925. The van der Waals surface area contributed by atoms with E-state index >= 15 is 0 Å². The summed E-state index contributed by atoms with van der Waals surface area (Å²) in [5, 5.41) is 9.54. The van der Waals surface area contributed by atoms with E-state index in [2.05, 4.69) is 16.0 Å². The molecule has 0 spiro atoms. The lowest BCUT2D eigenvalue weighted by atomic mass is 9.80. The molecular formula is C29H32N4O5. The van der Waals surface area contributed by atoms with E-state index in [4.69, 9.17) is 4.42 Å². The van der Waals surface area contributed by atoms with Crippen molar-refractivity contribution in [2.24, 2.45) is 0 Å². The van der Waals surface area contributed by atoms with Crippen molar-refractivity contribution >= 4 is 45.8 Å². The molecule has 5 rings (SSSR count). The van der Waals surface area contributed by atoms with Gasteiger partial charge in [0.2, 0.25) is 11.8 Å². The van der Waals surface area contributed by atoms with Crippen LogP contribution in [0.4, 0.5) is 11.4 Å². The first-order valence-electron chi connectivity index (χ1n) is 13.1. The first-order valence-corrected chi connectivity index (χ1v) is 13.1. The molecule has 2 aliphatic rings. The highest BCUT2D eigenvalue weighted by Crippen LogP contribution is 2.31. The van der Waals surface area contributed by atoms with Crippen molar-refractivity contribution in [3.05, 3.63) is 60.4 Å². The Morgan fingerprint density at radius 1 is 1.00 bits per heavy atom. The number of furan rings is 1. The molecule has 1 saturated heterocycles. The summed E-state index contributed by atoms with van der Waals surface area (Å²) in [6.45, 7) is 2.09. The molecule has 3 amide bonds. The zero-order valence-electron chi connectivity index (χ0n) is 21.4. The quantitative estimate of drug-likeness (QED) is 0.459. The van der Waals surface area contributed by atoms with Crippen LogP contribution in [0.5, 0.6) is 0 Å². The Bertz CT molecular complexity index is 1340. The molecule has 0 radical (unpaired) electrons. The van der Waals surface area contributed by atoms with Crippen LogP contribution in [0.2, 0.25) is 0 Å². The van der Waals surface area contributed by atoms with Gasteiger partial charge in [0.25, 0.3) is 5.91 Å². The van der Waals surface area contributed by atoms with Crippen molar-refractivity contribution < 1.29 is 23.6 Å². The van der Waals surface area contributed by atoms with E-state index in [1.165, 1.54) is 6.92 Å². The summed E-state index contributed by atoms with van der Waals surface area (Å²) in [6.07, 6.45) is 4.03. The number of carbonyl (C=O) groups excluding carboxylic acids is 4. The number of hydrogen-bond acceptors (Lipinski definition) is 6. The topological polar surface area (TPSA) is 121 Å². The second-order valence-corrected chi connectivity index (χ2v) is 10.1. The van der Waals surface area contributed by atoms with Gasteiger partial charge < -0.3 is 25.3 Å². The lowest BCUT2D eigenvalue weighted by Gasteiger charge is -2.39. The third-order valence-corrected chi connectivity index (χ3v) is 7.43. The highest BCUT2D eigenvalue weighted by molar-refractivity contribution is 6.02. The number of nitrogens with zero attached hydrogens (tertiary/aromatic N) is 1. The molecule has 0 bridgehead atoms. The Morgan fingerprint density at radius 2 is 1.74 bits per heavy atom. The molecule has 3 aromatic rings. The maximum absolute atomic E-state index is 13.6. The van der Waals surface area contributed by atoms with Gasteiger partial charge in [0.15, 0.2) is 11.5 Å². The lowest BCUT2D eigenvalue weighted by Crippen LogP contribution is -2.63. The number of rotatable bonds is 6. The second kappa shape index (κ2) is 10.7. The maximum Gasteiger partial charge on any atom is 0.287 e. The molecule has 1 aliphatic heterocycles. The molecular weight excluding hydrogens is 484 g/mol. The minimum atomic E-state index is -1.09. The Morgan fingerprint density at radius 3 is 2.47 bits per heavy atom. The normalized spacial score (nSPS) is 19.1. The third-order valence-electron chi connectivity index (χ3n) is 7.43. The predicted octanol–water partition coefficient (Wildman–Crippen LogP) is 3.79. The Hall–Kier alpha value is -4.14. The molecule has 9 heteroatoms. The minimum absolute atomic E-state index is 0.111. The smallest absolute Gasteiger partial charge is 0.287 e. The van der Waals surface area contributed by atoms with Gasteiger partial charge in [-0.2, -0.15) is 0 Å². The van der Waals surface area contributed by atoms with Crippen molar-refractivity contribution in [1.29, 1.82) is 0 Å². The summed E-state index contributed by atoms with van der Waals surface area (Å²) < 4.78 is 5.72. The average Bonchev–Trinajstić information content (AvgIpc) is 3.35. The maximum atomic E-state index is 13.6. The van der Waals surface area contributed by atoms with Gasteiger partial charge in [-0.1, -0.05) is 49.6 Å². The zero-order chi connectivity index (χ0) is 26.7. The summed E-state index contributed by atoms with van der Waals surface area (Å²) in [7, 11) is 0. The number of amides is 3. The van der Waals surface area contributed by atoms with E-state index in [0.717, 1.165) is 30.3 Å². The summed E-state index contributed by atoms with van der Waals surface area (Å²) in [6, 6.07) is 15.7. The standard InChI is InChI=1S/C29H32N4O5/c1-19(34)30-21-10-4-5-11-23(21)33-16-13-22(24(35)18-33)31-28(37)29(14-7-2-8-15-29)32-27(36)26-17-20-9-3-6-12-25(20)38-26/h3-6,9-12,17,22H,2,7-8,13-16,18H2,1H3,(H,30,34)(H,31,37)(H,32,36). The number of carbonyl (C=O) groups is 4. The summed E-state index contributed by atoms with van der Waals surface area (Å²) >= 11 is 0. The highest BCUT2D eigenvalue weighted by Gasteiger charge is 2.43. The second-order valence-electron chi connectivity index (χ2n) is 10.1. The molecule has 1 atom stereocenters. The fourth-order valence-corrected chi connectivity index (χ4v) is 5.46. The van der Waals surface area contributed by atoms with E-state index in [-0.39, 0.29) is 29.9 Å². The number of benzene rings is 2. The SMILES string of the molecule is CC(=O)Nc1ccccc1N1CCC(NC(=O)C2(NC(=O)c3cc4ccccc4o3)CCCCC2)C(=O)C1. The third kappa shape index (κ3) is 5.27. The number of hydrogen-bond donors (Lipinski definition) is 3. The molecule has 3 N–H and O–H groups in total. The minimum Gasteiger partial charge on any atom is -0.451 e. The largest absolute Gasteiger partial charge is 0.451 e. The predicted molar refractivity (Wildman–Crippen MR) is 144 cm³/mol. The number of nitrogens with one attached hydrogen (secondary N) is 3. The number of Topliss-reactive ketones (excluding diaryl/α,β-unsaturated/α-hetero) is 1. The van der Waals surface area contributed by atoms with Crippen LogP contribution in [0.15, 0.2) is 59.0 Å². The van der Waals surface area contributed by atoms with Crippen LogP contribution in [0, 0.1) is 0 Å². The number of fused-ring (bicyclic) bond motifs is 1. The molecule has 1 aliphatic carbocycles. The Kier molecular flexibility index (Phi) is 7.18. The Labute approximate surface area is 220 Å². The molecule has 198 valence electrons. The van der Waals surface area contributed by atoms with Gasteiger partial charge in [-0.25, -0.2) is 0 Å². The van der Waals surface area contributed by atoms with Crippen molar-refractivity contribution in [3.8, 4) is 0 Å². The fourth-order valence-electron chi connectivity index (χ4n) is 5.46. The number of para-hydroxylation sites is 3. The zero-order valence-corrected chi connectivity index (χ0v) is 21.4. The van der Waals surface area contributed by atoms with Crippen LogP contribution in [0.1, 0.15) is 56.0 Å². The first-order chi connectivity index (χ1) is 18.3. The van der Waals surface area contributed by atoms with Crippen LogP contribution in [0.3, 0.4) is 0 Å². The van der Waals surface area contributed by atoms with Crippen LogP contribution in [-0.2, 0) is 14.4 Å². The van der Waals surface area contributed by atoms with Gasteiger partial charge >= 0.3 is 0 Å². The molecule has 1 saturated carbocycles. The molecule has 1 unspecified atom stereocenters. The summed E-state index contributed by atoms with van der Waals surface area (Å²) in [4.78, 5) is 53.4. The van der Waals surface area contributed by atoms with Gasteiger partial charge in [0.05, 0.1) is 24.0 Å². The number of anilines is 2. The highest BCUT2D eigenvalue weighted by atomic mass is 16.3. The van der Waals surface area contributed by atoms with Crippen molar-refractivity contribution in [2.75, 3.05) is 23.3 Å². The van der Waals surface area contributed by atoms with Crippen LogP contribution in [-0.4, -0.2) is 48.2 Å². The van der Waals surface area contributed by atoms with Gasteiger partial charge in [-0.3, -0.25) is 19.2 Å². The first kappa shape index (κ1) is 25.5. The van der Waals surface area contributed by atoms with Crippen molar-refractivity contribution in [2.45, 2.75) is 57.0 Å². The average molecular weight is 517 g/mol. The van der Waals surface area contributed by atoms with Crippen LogP contribution in [0.25, 0.3) is 11.0 Å². The van der Waals surface area contributed by atoms with Crippen LogP contribution >= 0.6 is 0 Å². The summed E-state index contributed by atoms with van der Waals surface area (Å²) in [5.74, 6) is -0.905. The van der Waals surface area contributed by atoms with Crippen molar-refractivity contribution in [3.63, 3.8) is 0 Å². The molecule has 2 heterocycles. The monoisotopic (exact) mass is 516 g/mol. The molecule has 2 fully saturated rings. The van der Waals surface area contributed by atoms with Gasteiger partial charge in [0, 0.05) is 18.9 Å². The molecule has 38 heavy (non-hydrogen) atoms. The van der Waals surface area contributed by atoms with E-state index in [0.29, 0.717) is 37.1 Å². The molecule has 9 nitrogen and oxygen atoms in total. The van der Waals surface area contributed by atoms with Crippen molar-refractivity contribution in [1.82, 2.24) is 10.6 Å². The van der Waals surface area contributed by atoms with Gasteiger partial charge in [-0.15, -0.1) is 0 Å². The number of piperidine rings is 1. The van der Waals surface area contributed by atoms with Gasteiger partial charge in [0.1, 0.15) is 11.1 Å². The van der Waals surface area contributed by atoms with Gasteiger partial charge in [-0.05, 0) is 43.5 Å². The number of ketones is 1. The lowest BCUT2D eigenvalue weighted by molar-refractivity contribution is -0.133. The van der Waals surface area contributed by atoms with E-state index in [1.54, 1.807) is 18.2 Å². The van der Waals surface area contributed by atoms with E-state index < -0.39 is 17.5 Å². The molecule has 2 aromatic carbocycles. The Balaban J connectivity index is 1.28. The fraction of sp³-hybridized carbons (Fsp3) is 0.379. The van der Waals surface area contributed by atoms with E-state index in [1.807, 2.05) is 41.3 Å². The molecule has 1 aromatic heterocycles. The van der Waals surface area contributed by atoms with Crippen LogP contribution < -0.4 is 20.9 Å². The van der Waals surface area contributed by atoms with E-state index in [9.17, 15) is 19.2 Å².